The maximum Gasteiger partial charge on any atom is 0.229 e. The molecule has 0 saturated heterocycles. The number of hydrogen-bond donors (Lipinski definition) is 1. The second-order valence-corrected chi connectivity index (χ2v) is 9.08. The molecule has 0 amide bonds. The Bertz CT molecular complexity index is 896. The van der Waals surface area contributed by atoms with E-state index in [1.807, 2.05) is 98.2 Å². The molecule has 0 fully saturated rings. The number of anilines is 1. The minimum atomic E-state index is -3.15. The van der Waals surface area contributed by atoms with Crippen LogP contribution >= 0.6 is 7.29 Å². The van der Waals surface area contributed by atoms with Crippen molar-refractivity contribution in [3.8, 4) is 5.75 Å². The van der Waals surface area contributed by atoms with Crippen LogP contribution in [0.2, 0.25) is 0 Å². The number of phenols is 1. The standard InChI is InChI=1S/C22H24NO2P/c1-4-23(21-16-17(2)15-18(3)22(21)24)26(25,19-11-7-5-8-12-19)20-13-9-6-10-14-20/h5-16,24H,4H2,1-3H3. The van der Waals surface area contributed by atoms with Crippen molar-refractivity contribution in [2.24, 2.45) is 0 Å². The van der Waals surface area contributed by atoms with Gasteiger partial charge in [0.05, 0.1) is 5.69 Å². The van der Waals surface area contributed by atoms with E-state index in [1.165, 1.54) is 0 Å². The second kappa shape index (κ2) is 7.39. The molecule has 0 saturated carbocycles. The normalized spacial score (nSPS) is 11.3. The number of aromatic hydroxyl groups is 1. The van der Waals surface area contributed by atoms with Crippen LogP contribution in [-0.4, -0.2) is 11.7 Å². The van der Waals surface area contributed by atoms with E-state index in [1.54, 1.807) is 0 Å². The summed E-state index contributed by atoms with van der Waals surface area (Å²) in [6, 6.07) is 22.9. The lowest BCUT2D eigenvalue weighted by molar-refractivity contribution is 0.471. The fourth-order valence-electron chi connectivity index (χ4n) is 3.34. The Kier molecular flexibility index (Phi) is 5.20. The van der Waals surface area contributed by atoms with E-state index in [0.717, 1.165) is 21.7 Å². The number of phenolic OH excluding ortho intramolecular Hbond substituents is 1. The topological polar surface area (TPSA) is 40.5 Å². The molecule has 0 radical (unpaired) electrons. The van der Waals surface area contributed by atoms with Gasteiger partial charge in [0.25, 0.3) is 0 Å². The molecule has 0 spiro atoms. The van der Waals surface area contributed by atoms with Crippen molar-refractivity contribution in [1.29, 1.82) is 0 Å². The van der Waals surface area contributed by atoms with Gasteiger partial charge in [0.1, 0.15) is 5.75 Å². The SMILES string of the molecule is CCN(c1cc(C)cc(C)c1O)P(=O)(c1ccccc1)c1ccccc1. The summed E-state index contributed by atoms with van der Waals surface area (Å²) in [5, 5.41) is 12.2. The average Bonchev–Trinajstić information content (AvgIpc) is 2.67. The van der Waals surface area contributed by atoms with Crippen LogP contribution < -0.4 is 15.3 Å². The van der Waals surface area contributed by atoms with Crippen LogP contribution in [0.3, 0.4) is 0 Å². The Hall–Kier alpha value is -2.51. The quantitative estimate of drug-likeness (QED) is 0.663. The van der Waals surface area contributed by atoms with Gasteiger partial charge in [-0.15, -0.1) is 0 Å². The third-order valence-electron chi connectivity index (χ3n) is 4.55. The van der Waals surface area contributed by atoms with E-state index in [4.69, 9.17) is 0 Å². The highest BCUT2D eigenvalue weighted by molar-refractivity contribution is 7.80. The number of rotatable bonds is 5. The summed E-state index contributed by atoms with van der Waals surface area (Å²) in [6.07, 6.45) is 0. The van der Waals surface area contributed by atoms with Gasteiger partial charge in [-0.25, -0.2) is 0 Å². The molecule has 4 heteroatoms. The summed E-state index contributed by atoms with van der Waals surface area (Å²) >= 11 is 0. The van der Waals surface area contributed by atoms with Gasteiger partial charge in [-0.2, -0.15) is 0 Å². The lowest BCUT2D eigenvalue weighted by Gasteiger charge is -2.34. The predicted molar refractivity (Wildman–Crippen MR) is 110 cm³/mol. The third kappa shape index (κ3) is 3.15. The largest absolute Gasteiger partial charge is 0.505 e. The van der Waals surface area contributed by atoms with Crippen LogP contribution in [0.15, 0.2) is 72.8 Å². The summed E-state index contributed by atoms with van der Waals surface area (Å²) in [6.45, 7) is 6.34. The van der Waals surface area contributed by atoms with Gasteiger partial charge in [-0.3, -0.25) is 4.57 Å². The van der Waals surface area contributed by atoms with Gasteiger partial charge in [0, 0.05) is 17.2 Å². The molecule has 3 rings (SSSR count). The Morgan fingerprint density at radius 1 is 0.885 bits per heavy atom. The van der Waals surface area contributed by atoms with E-state index in [2.05, 4.69) is 0 Å². The fourth-order valence-corrected chi connectivity index (χ4v) is 6.21. The first-order chi connectivity index (χ1) is 12.5. The summed E-state index contributed by atoms with van der Waals surface area (Å²) in [4.78, 5) is 0. The predicted octanol–water partition coefficient (Wildman–Crippen LogP) is 4.76. The third-order valence-corrected chi connectivity index (χ3v) is 7.73. The van der Waals surface area contributed by atoms with E-state index < -0.39 is 7.29 Å². The molecule has 3 aromatic carbocycles. The highest BCUT2D eigenvalue weighted by Gasteiger charge is 2.35. The van der Waals surface area contributed by atoms with Crippen LogP contribution in [-0.2, 0) is 4.57 Å². The Morgan fingerprint density at radius 3 is 1.85 bits per heavy atom. The van der Waals surface area contributed by atoms with Gasteiger partial charge in [0.2, 0.25) is 7.29 Å². The molecule has 3 nitrogen and oxygen atoms in total. The molecule has 0 aliphatic heterocycles. The molecule has 0 aliphatic rings. The molecular weight excluding hydrogens is 341 g/mol. The number of aryl methyl sites for hydroxylation is 2. The zero-order valence-corrected chi connectivity index (χ0v) is 16.3. The van der Waals surface area contributed by atoms with Crippen LogP contribution in [0.4, 0.5) is 5.69 Å². The lowest BCUT2D eigenvalue weighted by atomic mass is 10.1. The number of benzene rings is 3. The van der Waals surface area contributed by atoms with Crippen LogP contribution in [0.25, 0.3) is 0 Å². The molecule has 134 valence electrons. The van der Waals surface area contributed by atoms with Gasteiger partial charge in [0.15, 0.2) is 0 Å². The van der Waals surface area contributed by atoms with Crippen molar-refractivity contribution in [3.63, 3.8) is 0 Å². The molecule has 0 aliphatic carbocycles. The van der Waals surface area contributed by atoms with Crippen molar-refractivity contribution >= 4 is 23.6 Å². The van der Waals surface area contributed by atoms with Crippen LogP contribution in [0, 0.1) is 13.8 Å². The molecule has 3 aromatic rings. The minimum absolute atomic E-state index is 0.185. The molecule has 0 atom stereocenters. The van der Waals surface area contributed by atoms with Crippen molar-refractivity contribution in [2.75, 3.05) is 11.2 Å². The highest BCUT2D eigenvalue weighted by atomic mass is 31.2. The molecule has 26 heavy (non-hydrogen) atoms. The summed E-state index contributed by atoms with van der Waals surface area (Å²) in [5.41, 5.74) is 2.42. The summed E-state index contributed by atoms with van der Waals surface area (Å²) < 4.78 is 16.4. The van der Waals surface area contributed by atoms with E-state index >= 15 is 0 Å². The van der Waals surface area contributed by atoms with Gasteiger partial charge in [-0.1, -0.05) is 42.5 Å². The molecule has 0 aromatic heterocycles. The van der Waals surface area contributed by atoms with Crippen molar-refractivity contribution in [3.05, 3.63) is 83.9 Å². The number of nitrogens with zero attached hydrogens (tertiary/aromatic N) is 1. The van der Waals surface area contributed by atoms with E-state index in [0.29, 0.717) is 12.2 Å². The Labute approximate surface area is 155 Å². The average molecular weight is 365 g/mol. The zero-order valence-electron chi connectivity index (χ0n) is 15.4. The van der Waals surface area contributed by atoms with Gasteiger partial charge in [-0.05, 0) is 62.2 Å². The summed E-state index contributed by atoms with van der Waals surface area (Å²) in [7, 11) is -3.15. The van der Waals surface area contributed by atoms with Crippen LogP contribution in [0.1, 0.15) is 18.1 Å². The molecule has 0 unspecified atom stereocenters. The summed E-state index contributed by atoms with van der Waals surface area (Å²) in [5.74, 6) is 0.185. The first kappa shape index (κ1) is 18.3. The second-order valence-electron chi connectivity index (χ2n) is 6.41. The van der Waals surface area contributed by atoms with E-state index in [-0.39, 0.29) is 5.75 Å². The maximum atomic E-state index is 14.5. The van der Waals surface area contributed by atoms with Crippen LogP contribution in [0.5, 0.6) is 5.75 Å². The van der Waals surface area contributed by atoms with E-state index in [9.17, 15) is 9.67 Å². The molecule has 0 bridgehead atoms. The number of hydrogen-bond acceptors (Lipinski definition) is 2. The van der Waals surface area contributed by atoms with Crippen molar-refractivity contribution in [1.82, 2.24) is 0 Å². The zero-order chi connectivity index (χ0) is 18.7. The lowest BCUT2D eigenvalue weighted by Crippen LogP contribution is -2.32. The smallest absolute Gasteiger partial charge is 0.229 e. The monoisotopic (exact) mass is 365 g/mol. The highest BCUT2D eigenvalue weighted by Crippen LogP contribution is 2.52. The van der Waals surface area contributed by atoms with Gasteiger partial charge < -0.3 is 9.78 Å². The first-order valence-corrected chi connectivity index (χ1v) is 10.4. The Morgan fingerprint density at radius 2 is 1.38 bits per heavy atom. The Balaban J connectivity index is 2.30. The maximum absolute atomic E-state index is 14.5. The minimum Gasteiger partial charge on any atom is -0.505 e. The molecule has 0 heterocycles. The first-order valence-electron chi connectivity index (χ1n) is 8.78. The van der Waals surface area contributed by atoms with Gasteiger partial charge >= 0.3 is 0 Å². The van der Waals surface area contributed by atoms with Crippen molar-refractivity contribution in [2.45, 2.75) is 20.8 Å². The van der Waals surface area contributed by atoms with Crippen molar-refractivity contribution < 1.29 is 9.67 Å². The molecular formula is C22H24NO2P. The fraction of sp³-hybridized carbons (Fsp3) is 0.182. The molecule has 1 N–H and O–H groups in total.